The van der Waals surface area contributed by atoms with Crippen LogP contribution in [0.4, 0.5) is 20.3 Å². The molecule has 172 valence electrons. The van der Waals surface area contributed by atoms with Crippen molar-refractivity contribution >= 4 is 64.0 Å². The molecule has 0 aliphatic carbocycles. The molecule has 3 aliphatic rings. The molecule has 2 N–H and O–H groups in total. The number of benzene rings is 1. The van der Waals surface area contributed by atoms with Gasteiger partial charge in [0.05, 0.1) is 39.8 Å². The summed E-state index contributed by atoms with van der Waals surface area (Å²) >= 11 is 0.892. The summed E-state index contributed by atoms with van der Waals surface area (Å²) in [6, 6.07) is 10.1. The molecule has 12 heteroatoms. The number of nitrogens with one attached hydrogen (secondary N) is 2. The topological polar surface area (TPSA) is 105 Å². The van der Waals surface area contributed by atoms with Gasteiger partial charge in [-0.2, -0.15) is 18.6 Å². The van der Waals surface area contributed by atoms with Gasteiger partial charge in [-0.3, -0.25) is 4.79 Å². The zero-order chi connectivity index (χ0) is 23.7. The number of hydrazone groups is 1. The highest BCUT2D eigenvalue weighted by molar-refractivity contribution is 14.1. The average Bonchev–Trinajstić information content (AvgIpc) is 3.42. The molecule has 0 radical (unpaired) electrons. The lowest BCUT2D eigenvalue weighted by Crippen LogP contribution is -2.29. The molecule has 2 aromatic rings. The monoisotopic (exact) mass is 576 g/mol. The van der Waals surface area contributed by atoms with Crippen LogP contribution >= 0.6 is 22.6 Å². The summed E-state index contributed by atoms with van der Waals surface area (Å²) in [6.07, 6.45) is 6.65. The minimum Gasteiger partial charge on any atom is -0.425 e. The number of hydrogen-bond acceptors (Lipinski definition) is 7. The fourth-order valence-corrected chi connectivity index (χ4v) is 4.17. The maximum atomic E-state index is 13.0. The van der Waals surface area contributed by atoms with Crippen molar-refractivity contribution in [2.45, 2.75) is 10.2 Å². The van der Waals surface area contributed by atoms with Gasteiger partial charge < -0.3 is 20.4 Å². The van der Waals surface area contributed by atoms with Crippen LogP contribution in [0.2, 0.25) is 0 Å². The SMILES string of the molecule is O=C(Nc1ccc(OC(F)(F)I)cc1)c1cnc(N2CC3C=NNC3C2)c(C2=CN=C=[N+]=C2)c1. The molecule has 1 aromatic carbocycles. The molecule has 2 atom stereocenters. The Kier molecular flexibility index (Phi) is 5.86. The predicted molar refractivity (Wildman–Crippen MR) is 133 cm³/mol. The van der Waals surface area contributed by atoms with Crippen molar-refractivity contribution in [3.05, 3.63) is 53.9 Å². The first-order valence-electron chi connectivity index (χ1n) is 10.2. The number of hydrogen-bond donors (Lipinski definition) is 2. The number of nitrogens with zero attached hydrogens (tertiary/aromatic N) is 5. The van der Waals surface area contributed by atoms with Crippen molar-refractivity contribution in [2.24, 2.45) is 16.0 Å². The fraction of sp³-hybridized carbons (Fsp3) is 0.227. The van der Waals surface area contributed by atoms with E-state index in [2.05, 4.69) is 46.1 Å². The van der Waals surface area contributed by atoms with Gasteiger partial charge >= 0.3 is 10.1 Å². The van der Waals surface area contributed by atoms with E-state index in [9.17, 15) is 13.6 Å². The van der Waals surface area contributed by atoms with Crippen LogP contribution in [0.3, 0.4) is 0 Å². The zero-order valence-electron chi connectivity index (χ0n) is 17.5. The highest BCUT2D eigenvalue weighted by Gasteiger charge is 2.36. The van der Waals surface area contributed by atoms with Crippen molar-refractivity contribution in [3.63, 3.8) is 0 Å². The largest absolute Gasteiger partial charge is 0.451 e. The van der Waals surface area contributed by atoms with Crippen LogP contribution in [0.15, 0.2) is 52.8 Å². The van der Waals surface area contributed by atoms with Gasteiger partial charge in [-0.05, 0) is 30.3 Å². The second kappa shape index (κ2) is 8.98. The Labute approximate surface area is 206 Å². The van der Waals surface area contributed by atoms with Gasteiger partial charge in [0.25, 0.3) is 5.91 Å². The molecule has 4 heterocycles. The number of fused-ring (bicyclic) bond motifs is 1. The van der Waals surface area contributed by atoms with Crippen molar-refractivity contribution < 1.29 is 18.3 Å². The van der Waals surface area contributed by atoms with Crippen LogP contribution < -0.4 is 25.0 Å². The van der Waals surface area contributed by atoms with Gasteiger partial charge in [0.2, 0.25) is 6.21 Å². The number of amides is 1. The number of ether oxygens (including phenoxy) is 1. The van der Waals surface area contributed by atoms with Crippen molar-refractivity contribution in [1.82, 2.24) is 15.1 Å². The normalized spacial score (nSPS) is 20.2. The highest BCUT2D eigenvalue weighted by Crippen LogP contribution is 2.31. The molecule has 0 bridgehead atoms. The first-order valence-corrected chi connectivity index (χ1v) is 11.3. The Bertz CT molecular complexity index is 1290. The summed E-state index contributed by atoms with van der Waals surface area (Å²) in [7, 11) is 0. The van der Waals surface area contributed by atoms with Gasteiger partial charge in [0.15, 0.2) is 6.20 Å². The van der Waals surface area contributed by atoms with E-state index in [1.54, 1.807) is 18.5 Å². The molecule has 2 unspecified atom stereocenters. The van der Waals surface area contributed by atoms with Crippen LogP contribution in [0, 0.1) is 5.92 Å². The number of aromatic nitrogens is 1. The minimum atomic E-state index is -3.32. The summed E-state index contributed by atoms with van der Waals surface area (Å²) < 4.78 is 31.1. The standard InChI is InChI=1S/C22H16F2IN7O2/c23-22(24,25)34-17-3-1-16(2-4-17)30-21(33)13-5-18(14-6-26-12-27-7-14)20(28-8-13)32-10-15-9-29-31-19(15)11-32/h1-9,15,19,31H,10-11H2/p+1. The molecule has 3 aliphatic heterocycles. The van der Waals surface area contributed by atoms with Gasteiger partial charge in [0, 0.05) is 47.7 Å². The van der Waals surface area contributed by atoms with E-state index in [0.717, 1.165) is 41.5 Å². The van der Waals surface area contributed by atoms with E-state index in [1.807, 2.05) is 6.21 Å². The number of alkyl halides is 3. The van der Waals surface area contributed by atoms with Crippen LogP contribution in [0.25, 0.3) is 5.57 Å². The Balaban J connectivity index is 1.38. The molecule has 34 heavy (non-hydrogen) atoms. The van der Waals surface area contributed by atoms with E-state index in [-0.39, 0.29) is 17.7 Å². The molecule has 1 amide bonds. The summed E-state index contributed by atoms with van der Waals surface area (Å²) in [5.74, 6) is 0.597. The lowest BCUT2D eigenvalue weighted by atomic mass is 10.1. The van der Waals surface area contributed by atoms with Crippen LogP contribution in [0.5, 0.6) is 5.75 Å². The minimum absolute atomic E-state index is 0.0125. The molecule has 1 saturated heterocycles. The smallest absolute Gasteiger partial charge is 0.425 e. The van der Waals surface area contributed by atoms with Gasteiger partial charge in [-0.15, -0.1) is 0 Å². The molecule has 1 fully saturated rings. The molecular formula is C22H17F2IN7O2+. The molecule has 9 nitrogen and oxygen atoms in total. The predicted octanol–water partition coefficient (Wildman–Crippen LogP) is 2.76. The van der Waals surface area contributed by atoms with Crippen molar-refractivity contribution in [1.29, 1.82) is 0 Å². The molecule has 5 rings (SSSR count). The number of allylic oxidation sites excluding steroid dienone is 1. The lowest BCUT2D eigenvalue weighted by molar-refractivity contribution is -0.0691. The van der Waals surface area contributed by atoms with Crippen molar-refractivity contribution in [3.8, 4) is 5.75 Å². The lowest BCUT2D eigenvalue weighted by Gasteiger charge is -2.21. The molecule has 1 aromatic heterocycles. The maximum absolute atomic E-state index is 13.0. The highest BCUT2D eigenvalue weighted by atomic mass is 127. The van der Waals surface area contributed by atoms with Gasteiger partial charge in [-0.1, -0.05) is 0 Å². The number of carbonyl (C=O) groups is 1. The number of pyridine rings is 1. The fourth-order valence-electron chi connectivity index (χ4n) is 3.92. The Morgan fingerprint density at radius 2 is 2.15 bits per heavy atom. The van der Waals surface area contributed by atoms with Crippen LogP contribution in [-0.4, -0.2) is 52.6 Å². The molecular weight excluding hydrogens is 559 g/mol. The van der Waals surface area contributed by atoms with Crippen LogP contribution in [-0.2, 0) is 0 Å². The van der Waals surface area contributed by atoms with E-state index in [1.165, 1.54) is 30.5 Å². The number of aliphatic imine (C=N–C) groups is 1. The Morgan fingerprint density at radius 1 is 1.32 bits per heavy atom. The maximum Gasteiger partial charge on any atom is 0.451 e. The second-order valence-electron chi connectivity index (χ2n) is 7.78. The van der Waals surface area contributed by atoms with E-state index < -0.39 is 10.0 Å². The quantitative estimate of drug-likeness (QED) is 0.313. The Morgan fingerprint density at radius 3 is 2.85 bits per heavy atom. The second-order valence-corrected chi connectivity index (χ2v) is 9.03. The zero-order valence-corrected chi connectivity index (χ0v) is 19.6. The van der Waals surface area contributed by atoms with Crippen molar-refractivity contribution in [2.75, 3.05) is 23.3 Å². The first-order chi connectivity index (χ1) is 16.4. The van der Waals surface area contributed by atoms with E-state index >= 15 is 0 Å². The third-order valence-corrected chi connectivity index (χ3v) is 5.70. The average molecular weight is 576 g/mol. The number of halogens is 3. The van der Waals surface area contributed by atoms with E-state index in [4.69, 9.17) is 0 Å². The molecule has 0 spiro atoms. The number of carbonyl (C=O) groups excluding carboxylic acids is 1. The molecule has 0 saturated carbocycles. The summed E-state index contributed by atoms with van der Waals surface area (Å²) in [4.78, 5) is 23.6. The summed E-state index contributed by atoms with van der Waals surface area (Å²) in [6.45, 7) is 1.47. The third-order valence-electron chi connectivity index (χ3n) is 5.48. The van der Waals surface area contributed by atoms with E-state index in [0.29, 0.717) is 22.4 Å². The first kappa shape index (κ1) is 22.2. The number of anilines is 2. The van der Waals surface area contributed by atoms with Gasteiger partial charge in [-0.25, -0.2) is 4.98 Å². The van der Waals surface area contributed by atoms with Crippen LogP contribution in [0.1, 0.15) is 15.9 Å². The number of rotatable bonds is 6. The third kappa shape index (κ3) is 4.84. The Hall–Kier alpha value is -3.60. The van der Waals surface area contributed by atoms with Gasteiger partial charge in [0.1, 0.15) is 11.6 Å². The summed E-state index contributed by atoms with van der Waals surface area (Å²) in [5, 5.41) is 6.88. The summed E-state index contributed by atoms with van der Waals surface area (Å²) in [5.41, 5.74) is 5.27.